The highest BCUT2D eigenvalue weighted by Crippen LogP contribution is 2.32. The molecule has 1 aromatic heterocycles. The zero-order chi connectivity index (χ0) is 19.5. The molecule has 3 aromatic rings. The fourth-order valence-corrected chi connectivity index (χ4v) is 3.63. The van der Waals surface area contributed by atoms with Gasteiger partial charge in [0.05, 0.1) is 31.3 Å². The van der Waals surface area contributed by atoms with Crippen LogP contribution in [0.2, 0.25) is 0 Å². The number of aromatic nitrogens is 2. The van der Waals surface area contributed by atoms with Gasteiger partial charge in [-0.25, -0.2) is 4.98 Å². The van der Waals surface area contributed by atoms with Crippen LogP contribution in [0.1, 0.15) is 30.3 Å². The molecule has 1 saturated heterocycles. The van der Waals surface area contributed by atoms with Crippen molar-refractivity contribution in [2.24, 2.45) is 0 Å². The summed E-state index contributed by atoms with van der Waals surface area (Å²) in [6, 6.07) is 13.4. The fourth-order valence-electron chi connectivity index (χ4n) is 3.63. The lowest BCUT2D eigenvalue weighted by molar-refractivity contribution is -0.126. The van der Waals surface area contributed by atoms with Gasteiger partial charge in [0.1, 0.15) is 17.3 Å². The number of benzene rings is 2. The first-order valence-corrected chi connectivity index (χ1v) is 9.34. The molecular formula is C22H23N3O3. The van der Waals surface area contributed by atoms with Crippen molar-refractivity contribution in [2.75, 3.05) is 20.8 Å². The Balaban J connectivity index is 1.54. The predicted octanol–water partition coefficient (Wildman–Crippen LogP) is 3.96. The number of nitrogens with zero attached hydrogens (tertiary/aromatic N) is 2. The average Bonchev–Trinajstić information content (AvgIpc) is 3.38. The molecule has 1 amide bonds. The number of H-pyrrole nitrogens is 1. The Morgan fingerprint density at radius 1 is 1.18 bits per heavy atom. The summed E-state index contributed by atoms with van der Waals surface area (Å²) in [5.41, 5.74) is 2.77. The minimum Gasteiger partial charge on any atom is -0.497 e. The van der Waals surface area contributed by atoms with Crippen LogP contribution in [0.5, 0.6) is 11.5 Å². The maximum atomic E-state index is 12.9. The SMILES string of the molecule is COc1cc(/C=C/C(=O)N2CCCC2c2nc3ccccc3[nH]2)cc(OC)c1. The minimum atomic E-state index is -0.0237. The third-order valence-corrected chi connectivity index (χ3v) is 5.05. The van der Waals surface area contributed by atoms with Gasteiger partial charge >= 0.3 is 0 Å². The van der Waals surface area contributed by atoms with Crippen molar-refractivity contribution in [2.45, 2.75) is 18.9 Å². The van der Waals surface area contributed by atoms with Gasteiger partial charge in [0.2, 0.25) is 5.91 Å². The summed E-state index contributed by atoms with van der Waals surface area (Å²) >= 11 is 0. The lowest BCUT2D eigenvalue weighted by Gasteiger charge is -2.21. The van der Waals surface area contributed by atoms with Gasteiger partial charge in [-0.3, -0.25) is 4.79 Å². The van der Waals surface area contributed by atoms with E-state index in [0.29, 0.717) is 11.5 Å². The maximum absolute atomic E-state index is 12.9. The van der Waals surface area contributed by atoms with E-state index in [-0.39, 0.29) is 11.9 Å². The van der Waals surface area contributed by atoms with Gasteiger partial charge in [-0.2, -0.15) is 0 Å². The summed E-state index contributed by atoms with van der Waals surface area (Å²) in [7, 11) is 3.21. The third-order valence-electron chi connectivity index (χ3n) is 5.05. The highest BCUT2D eigenvalue weighted by Gasteiger charge is 2.31. The largest absolute Gasteiger partial charge is 0.497 e. The number of methoxy groups -OCH3 is 2. The predicted molar refractivity (Wildman–Crippen MR) is 108 cm³/mol. The van der Waals surface area contributed by atoms with E-state index in [0.717, 1.165) is 41.8 Å². The van der Waals surface area contributed by atoms with E-state index in [4.69, 9.17) is 9.47 Å². The number of fused-ring (bicyclic) bond motifs is 1. The van der Waals surface area contributed by atoms with Crippen molar-refractivity contribution in [3.8, 4) is 11.5 Å². The second-order valence-corrected chi connectivity index (χ2v) is 6.81. The Morgan fingerprint density at radius 2 is 1.93 bits per heavy atom. The van der Waals surface area contributed by atoms with E-state index in [1.54, 1.807) is 32.4 Å². The van der Waals surface area contributed by atoms with Crippen molar-refractivity contribution in [1.82, 2.24) is 14.9 Å². The molecule has 1 N–H and O–H groups in total. The monoisotopic (exact) mass is 377 g/mol. The normalized spacial score (nSPS) is 16.8. The molecule has 6 nitrogen and oxygen atoms in total. The number of para-hydroxylation sites is 2. The number of aromatic amines is 1. The van der Waals surface area contributed by atoms with E-state index in [1.807, 2.05) is 41.3 Å². The zero-order valence-corrected chi connectivity index (χ0v) is 16.0. The molecule has 144 valence electrons. The maximum Gasteiger partial charge on any atom is 0.247 e. The van der Waals surface area contributed by atoms with Crippen molar-refractivity contribution in [3.63, 3.8) is 0 Å². The Labute approximate surface area is 163 Å². The molecule has 1 atom stereocenters. The number of imidazole rings is 1. The first-order chi connectivity index (χ1) is 13.7. The average molecular weight is 377 g/mol. The van der Waals surface area contributed by atoms with E-state index in [2.05, 4.69) is 9.97 Å². The fraction of sp³-hybridized carbons (Fsp3) is 0.273. The van der Waals surface area contributed by atoms with Crippen molar-refractivity contribution in [3.05, 3.63) is 59.9 Å². The van der Waals surface area contributed by atoms with Gasteiger partial charge in [0.15, 0.2) is 0 Å². The molecule has 1 aliphatic heterocycles. The van der Waals surface area contributed by atoms with Gasteiger partial charge in [-0.1, -0.05) is 12.1 Å². The first kappa shape index (κ1) is 18.1. The van der Waals surface area contributed by atoms with E-state index < -0.39 is 0 Å². The molecule has 1 unspecified atom stereocenters. The van der Waals surface area contributed by atoms with Crippen molar-refractivity contribution in [1.29, 1.82) is 0 Å². The molecule has 0 bridgehead atoms. The number of carbonyl (C=O) groups excluding carboxylic acids is 1. The van der Waals surface area contributed by atoms with Gasteiger partial charge < -0.3 is 19.4 Å². The Kier molecular flexibility index (Phi) is 5.02. The molecule has 2 heterocycles. The van der Waals surface area contributed by atoms with Crippen LogP contribution < -0.4 is 9.47 Å². The number of rotatable bonds is 5. The number of amides is 1. The van der Waals surface area contributed by atoms with Gasteiger partial charge in [0.25, 0.3) is 0 Å². The molecular weight excluding hydrogens is 354 g/mol. The summed E-state index contributed by atoms with van der Waals surface area (Å²) in [4.78, 5) is 22.8. The second kappa shape index (κ2) is 7.76. The first-order valence-electron chi connectivity index (χ1n) is 9.34. The topological polar surface area (TPSA) is 67.5 Å². The van der Waals surface area contributed by atoms with Crippen LogP contribution >= 0.6 is 0 Å². The van der Waals surface area contributed by atoms with Crippen LogP contribution in [-0.4, -0.2) is 41.5 Å². The molecule has 1 fully saturated rings. The molecule has 0 spiro atoms. The van der Waals surface area contributed by atoms with E-state index in [1.165, 1.54) is 0 Å². The van der Waals surface area contributed by atoms with Gasteiger partial charge in [-0.15, -0.1) is 0 Å². The minimum absolute atomic E-state index is 0.0234. The number of hydrogen-bond donors (Lipinski definition) is 1. The second-order valence-electron chi connectivity index (χ2n) is 6.81. The number of nitrogens with one attached hydrogen (secondary N) is 1. The standard InChI is InChI=1S/C22H23N3O3/c1-27-16-12-15(13-17(14-16)28-2)9-10-21(26)25-11-5-8-20(25)22-23-18-6-3-4-7-19(18)24-22/h3-4,6-7,9-10,12-14,20H,5,8,11H2,1-2H3,(H,23,24)/b10-9+. The Hall–Kier alpha value is -3.28. The number of ether oxygens (including phenoxy) is 2. The molecule has 28 heavy (non-hydrogen) atoms. The quantitative estimate of drug-likeness (QED) is 0.684. The van der Waals surface area contributed by atoms with Crippen LogP contribution in [0.15, 0.2) is 48.5 Å². The highest BCUT2D eigenvalue weighted by molar-refractivity contribution is 5.92. The molecule has 0 aliphatic carbocycles. The van der Waals surface area contributed by atoms with Gasteiger partial charge in [0, 0.05) is 18.7 Å². The Bertz CT molecular complexity index is 970. The van der Waals surface area contributed by atoms with E-state index >= 15 is 0 Å². The smallest absolute Gasteiger partial charge is 0.247 e. The lowest BCUT2D eigenvalue weighted by atomic mass is 10.1. The summed E-state index contributed by atoms with van der Waals surface area (Å²) in [6.07, 6.45) is 5.28. The van der Waals surface area contributed by atoms with Crippen LogP contribution in [0.25, 0.3) is 17.1 Å². The van der Waals surface area contributed by atoms with Crippen LogP contribution in [0.3, 0.4) is 0 Å². The molecule has 6 heteroatoms. The zero-order valence-electron chi connectivity index (χ0n) is 16.0. The summed E-state index contributed by atoms with van der Waals surface area (Å²) in [5.74, 6) is 2.20. The van der Waals surface area contributed by atoms with Crippen molar-refractivity contribution < 1.29 is 14.3 Å². The molecule has 1 aliphatic rings. The molecule has 0 radical (unpaired) electrons. The molecule has 0 saturated carbocycles. The number of carbonyl (C=O) groups is 1. The molecule has 2 aromatic carbocycles. The third kappa shape index (κ3) is 3.58. The highest BCUT2D eigenvalue weighted by atomic mass is 16.5. The lowest BCUT2D eigenvalue weighted by Crippen LogP contribution is -2.29. The summed E-state index contributed by atoms with van der Waals surface area (Å²) in [6.45, 7) is 0.728. The van der Waals surface area contributed by atoms with Crippen molar-refractivity contribution >= 4 is 23.0 Å². The molecule has 4 rings (SSSR count). The van der Waals surface area contributed by atoms with E-state index in [9.17, 15) is 4.79 Å². The van der Waals surface area contributed by atoms with Gasteiger partial charge in [-0.05, 0) is 48.7 Å². The summed E-state index contributed by atoms with van der Waals surface area (Å²) < 4.78 is 10.6. The number of likely N-dealkylation sites (tertiary alicyclic amines) is 1. The number of hydrogen-bond acceptors (Lipinski definition) is 4. The van der Waals surface area contributed by atoms with Crippen LogP contribution in [0, 0.1) is 0 Å². The van der Waals surface area contributed by atoms with Crippen LogP contribution in [0.4, 0.5) is 0 Å². The Morgan fingerprint density at radius 3 is 2.64 bits per heavy atom. The van der Waals surface area contributed by atoms with Crippen LogP contribution in [-0.2, 0) is 4.79 Å². The summed E-state index contributed by atoms with van der Waals surface area (Å²) in [5, 5.41) is 0.